The Morgan fingerprint density at radius 3 is 2.50 bits per heavy atom. The van der Waals surface area contributed by atoms with Crippen LogP contribution in [-0.2, 0) is 12.6 Å². The van der Waals surface area contributed by atoms with Crippen LogP contribution in [0, 0.1) is 5.82 Å². The van der Waals surface area contributed by atoms with Gasteiger partial charge in [-0.05, 0) is 35.9 Å². The van der Waals surface area contributed by atoms with Gasteiger partial charge in [0.1, 0.15) is 11.5 Å². The Hall–Kier alpha value is -3.40. The van der Waals surface area contributed by atoms with Crippen LogP contribution in [0.3, 0.4) is 0 Å². The van der Waals surface area contributed by atoms with Crippen LogP contribution in [-0.4, -0.2) is 34.0 Å². The molecule has 2 amide bonds. The molecule has 0 radical (unpaired) electrons. The topological polar surface area (TPSA) is 90.0 Å². The lowest BCUT2D eigenvalue weighted by Crippen LogP contribution is -2.36. The Kier molecular flexibility index (Phi) is 6.36. The molecular formula is C20H18F4N4O2. The van der Waals surface area contributed by atoms with Crippen LogP contribution >= 0.6 is 0 Å². The van der Waals surface area contributed by atoms with Crippen molar-refractivity contribution < 1.29 is 27.5 Å². The van der Waals surface area contributed by atoms with Gasteiger partial charge >= 0.3 is 12.2 Å². The third-order valence-corrected chi connectivity index (χ3v) is 4.18. The normalized spacial score (nSPS) is 12.4. The number of H-pyrrole nitrogens is 1. The number of urea groups is 1. The van der Waals surface area contributed by atoms with Gasteiger partial charge in [0, 0.05) is 24.2 Å². The second kappa shape index (κ2) is 8.95. The first-order chi connectivity index (χ1) is 14.2. The number of nitrogens with zero attached hydrogens (tertiary/aromatic N) is 1. The van der Waals surface area contributed by atoms with Crippen LogP contribution in [0.1, 0.15) is 11.3 Å². The maximum Gasteiger partial charge on any atom is 0.432 e. The van der Waals surface area contributed by atoms with Gasteiger partial charge in [0.15, 0.2) is 0 Å². The van der Waals surface area contributed by atoms with E-state index in [2.05, 4.69) is 15.7 Å². The van der Waals surface area contributed by atoms with Gasteiger partial charge in [-0.25, -0.2) is 9.18 Å². The summed E-state index contributed by atoms with van der Waals surface area (Å²) in [5, 5.41) is 20.6. The fourth-order valence-electron chi connectivity index (χ4n) is 2.73. The van der Waals surface area contributed by atoms with E-state index < -0.39 is 29.8 Å². The van der Waals surface area contributed by atoms with Crippen LogP contribution in [0.25, 0.3) is 11.3 Å². The van der Waals surface area contributed by atoms with Crippen LogP contribution in [0.4, 0.5) is 28.0 Å². The summed E-state index contributed by atoms with van der Waals surface area (Å²) in [7, 11) is 0. The quantitative estimate of drug-likeness (QED) is 0.454. The van der Waals surface area contributed by atoms with Crippen molar-refractivity contribution in [1.82, 2.24) is 15.5 Å². The molecule has 3 rings (SSSR count). The summed E-state index contributed by atoms with van der Waals surface area (Å²) in [6.07, 6.45) is -5.23. The molecule has 0 saturated carbocycles. The molecule has 0 aliphatic carbocycles. The number of amides is 2. The molecule has 10 heteroatoms. The zero-order valence-corrected chi connectivity index (χ0v) is 15.5. The Bertz CT molecular complexity index is 1000. The number of aromatic amines is 1. The molecule has 2 aromatic carbocycles. The SMILES string of the molecule is O=C(NCC(O)Cc1cccc(F)c1)Nc1ccc(-c2cc(C(F)(F)F)[nH]n2)cc1. The first-order valence-corrected chi connectivity index (χ1v) is 8.91. The number of aromatic nitrogens is 2. The van der Waals surface area contributed by atoms with Gasteiger partial charge in [0.2, 0.25) is 0 Å². The second-order valence-electron chi connectivity index (χ2n) is 6.56. The maximum absolute atomic E-state index is 13.1. The lowest BCUT2D eigenvalue weighted by molar-refractivity contribution is -0.141. The first kappa shape index (κ1) is 21.3. The molecule has 0 aliphatic heterocycles. The highest BCUT2D eigenvalue weighted by molar-refractivity contribution is 5.89. The van der Waals surface area contributed by atoms with E-state index in [1.54, 1.807) is 6.07 Å². The van der Waals surface area contributed by atoms with E-state index in [9.17, 15) is 27.5 Å². The fraction of sp³-hybridized carbons (Fsp3) is 0.200. The zero-order chi connectivity index (χ0) is 21.7. The first-order valence-electron chi connectivity index (χ1n) is 8.91. The van der Waals surface area contributed by atoms with E-state index in [-0.39, 0.29) is 18.7 Å². The Morgan fingerprint density at radius 1 is 1.13 bits per heavy atom. The number of carbonyl (C=O) groups is 1. The number of halogens is 4. The number of hydrogen-bond acceptors (Lipinski definition) is 3. The molecule has 0 spiro atoms. The summed E-state index contributed by atoms with van der Waals surface area (Å²) in [4.78, 5) is 12.0. The molecule has 158 valence electrons. The molecule has 1 atom stereocenters. The van der Waals surface area contributed by atoms with Gasteiger partial charge in [-0.1, -0.05) is 24.3 Å². The van der Waals surface area contributed by atoms with Crippen LogP contribution in [0.5, 0.6) is 0 Å². The van der Waals surface area contributed by atoms with Gasteiger partial charge in [-0.2, -0.15) is 18.3 Å². The molecule has 4 N–H and O–H groups in total. The lowest BCUT2D eigenvalue weighted by atomic mass is 10.1. The average Bonchev–Trinajstić information content (AvgIpc) is 3.18. The molecule has 6 nitrogen and oxygen atoms in total. The van der Waals surface area contributed by atoms with E-state index in [0.29, 0.717) is 16.8 Å². The molecule has 0 bridgehead atoms. The molecule has 1 heterocycles. The average molecular weight is 422 g/mol. The number of anilines is 1. The highest BCUT2D eigenvalue weighted by atomic mass is 19.4. The van der Waals surface area contributed by atoms with Crippen molar-refractivity contribution in [2.45, 2.75) is 18.7 Å². The van der Waals surface area contributed by atoms with Crippen LogP contribution in [0.2, 0.25) is 0 Å². The monoisotopic (exact) mass is 422 g/mol. The van der Waals surface area contributed by atoms with Crippen molar-refractivity contribution in [3.8, 4) is 11.3 Å². The molecular weight excluding hydrogens is 404 g/mol. The van der Waals surface area contributed by atoms with Gasteiger partial charge in [0.25, 0.3) is 0 Å². The summed E-state index contributed by atoms with van der Waals surface area (Å²) >= 11 is 0. The summed E-state index contributed by atoms with van der Waals surface area (Å²) in [5.41, 5.74) is 0.627. The molecule has 30 heavy (non-hydrogen) atoms. The van der Waals surface area contributed by atoms with Crippen molar-refractivity contribution >= 4 is 11.7 Å². The number of aliphatic hydroxyl groups excluding tert-OH is 1. The number of hydrogen-bond donors (Lipinski definition) is 4. The van der Waals surface area contributed by atoms with Crippen molar-refractivity contribution in [3.63, 3.8) is 0 Å². The molecule has 0 fully saturated rings. The second-order valence-corrected chi connectivity index (χ2v) is 6.56. The summed E-state index contributed by atoms with van der Waals surface area (Å²) < 4.78 is 51.0. The number of benzene rings is 2. The maximum atomic E-state index is 13.1. The van der Waals surface area contributed by atoms with Crippen molar-refractivity contribution in [3.05, 3.63) is 71.7 Å². The number of nitrogens with one attached hydrogen (secondary N) is 3. The van der Waals surface area contributed by atoms with Gasteiger partial charge < -0.3 is 15.7 Å². The summed E-state index contributed by atoms with van der Waals surface area (Å²) in [5.74, 6) is -0.404. The predicted molar refractivity (Wildman–Crippen MR) is 102 cm³/mol. The minimum absolute atomic E-state index is 0.0477. The number of carbonyl (C=O) groups excluding carboxylic acids is 1. The summed E-state index contributed by atoms with van der Waals surface area (Å²) in [6.45, 7) is -0.0477. The largest absolute Gasteiger partial charge is 0.432 e. The molecule has 3 aromatic rings. The van der Waals surface area contributed by atoms with Crippen molar-refractivity contribution in [2.24, 2.45) is 0 Å². The predicted octanol–water partition coefficient (Wildman–Crippen LogP) is 3.96. The standard InChI is InChI=1S/C20H18F4N4O2/c21-14-3-1-2-12(8-14)9-16(29)11-25-19(30)26-15-6-4-13(5-7-15)17-10-18(28-27-17)20(22,23)24/h1-8,10,16,29H,9,11H2,(H,27,28)(H2,25,26,30). The molecule has 1 unspecified atom stereocenters. The van der Waals surface area contributed by atoms with Crippen LogP contribution in [0.15, 0.2) is 54.6 Å². The fourth-order valence-corrected chi connectivity index (χ4v) is 2.73. The van der Waals surface area contributed by atoms with E-state index in [4.69, 9.17) is 0 Å². The molecule has 1 aromatic heterocycles. The minimum Gasteiger partial charge on any atom is -0.391 e. The molecule has 0 aliphatic rings. The van der Waals surface area contributed by atoms with Crippen LogP contribution < -0.4 is 10.6 Å². The number of rotatable bonds is 6. The lowest BCUT2D eigenvalue weighted by Gasteiger charge is -2.13. The van der Waals surface area contributed by atoms with Crippen molar-refractivity contribution in [1.29, 1.82) is 0 Å². The van der Waals surface area contributed by atoms with Gasteiger partial charge in [-0.15, -0.1) is 0 Å². The van der Waals surface area contributed by atoms with E-state index >= 15 is 0 Å². The van der Waals surface area contributed by atoms with E-state index in [1.165, 1.54) is 42.5 Å². The van der Waals surface area contributed by atoms with E-state index in [1.807, 2.05) is 5.10 Å². The number of alkyl halides is 3. The number of aliphatic hydroxyl groups is 1. The summed E-state index contributed by atoms with van der Waals surface area (Å²) in [6, 6.07) is 12.2. The minimum atomic E-state index is -4.51. The van der Waals surface area contributed by atoms with E-state index in [0.717, 1.165) is 6.07 Å². The molecule has 0 saturated heterocycles. The Balaban J connectivity index is 1.50. The Morgan fingerprint density at radius 2 is 1.87 bits per heavy atom. The van der Waals surface area contributed by atoms with Gasteiger partial charge in [0.05, 0.1) is 11.8 Å². The zero-order valence-electron chi connectivity index (χ0n) is 15.5. The smallest absolute Gasteiger partial charge is 0.391 e. The van der Waals surface area contributed by atoms with Gasteiger partial charge in [-0.3, -0.25) is 5.10 Å². The van der Waals surface area contributed by atoms with Crippen molar-refractivity contribution in [2.75, 3.05) is 11.9 Å². The third-order valence-electron chi connectivity index (χ3n) is 4.18. The third kappa shape index (κ3) is 5.80. The Labute approximate surface area is 168 Å². The highest BCUT2D eigenvalue weighted by Crippen LogP contribution is 2.30. The highest BCUT2D eigenvalue weighted by Gasteiger charge is 2.33.